The third-order valence-electron chi connectivity index (χ3n) is 4.93. The van der Waals surface area contributed by atoms with Gasteiger partial charge in [0.15, 0.2) is 6.10 Å². The van der Waals surface area contributed by atoms with E-state index in [1.807, 2.05) is 98.0 Å². The number of rotatable bonds is 8. The number of hydrogen-bond acceptors (Lipinski definition) is 4. The first-order valence-electron chi connectivity index (χ1n) is 10.6. The van der Waals surface area contributed by atoms with E-state index in [1.54, 1.807) is 10.9 Å². The molecule has 0 aliphatic rings. The Morgan fingerprint density at radius 3 is 2.52 bits per heavy atom. The number of benzene rings is 3. The minimum atomic E-state index is -0.655. The van der Waals surface area contributed by atoms with E-state index in [0.29, 0.717) is 12.2 Å². The highest BCUT2D eigenvalue weighted by Crippen LogP contribution is 2.23. The lowest BCUT2D eigenvalue weighted by atomic mass is 10.1. The fourth-order valence-electron chi connectivity index (χ4n) is 3.28. The summed E-state index contributed by atoms with van der Waals surface area (Å²) in [5.41, 5.74) is 6.06. The van der Waals surface area contributed by atoms with Gasteiger partial charge in [-0.2, -0.15) is 10.2 Å². The number of hydrazone groups is 1. The molecule has 4 aromatic rings. The Kier molecular flexibility index (Phi) is 7.32. The summed E-state index contributed by atoms with van der Waals surface area (Å²) in [5, 5.41) is 8.94. The number of halogens is 1. The summed E-state index contributed by atoms with van der Waals surface area (Å²) in [6, 6.07) is 27.1. The molecular formula is C26H23BrN4O2. The first kappa shape index (κ1) is 22.5. The van der Waals surface area contributed by atoms with Crippen LogP contribution in [0.2, 0.25) is 0 Å². The van der Waals surface area contributed by atoms with Crippen LogP contribution < -0.4 is 10.2 Å². The Bertz CT molecular complexity index is 1240. The maximum atomic E-state index is 12.7. The summed E-state index contributed by atoms with van der Waals surface area (Å²) in [6.45, 7) is 1.89. The molecule has 1 amide bonds. The van der Waals surface area contributed by atoms with Crippen molar-refractivity contribution in [2.45, 2.75) is 19.4 Å². The van der Waals surface area contributed by atoms with Gasteiger partial charge in [-0.05, 0) is 36.8 Å². The Labute approximate surface area is 201 Å². The zero-order valence-corrected chi connectivity index (χ0v) is 19.6. The molecule has 0 spiro atoms. The van der Waals surface area contributed by atoms with Crippen LogP contribution in [0.1, 0.15) is 18.9 Å². The first-order valence-corrected chi connectivity index (χ1v) is 11.4. The van der Waals surface area contributed by atoms with Gasteiger partial charge in [-0.3, -0.25) is 4.79 Å². The van der Waals surface area contributed by atoms with Crippen LogP contribution in [-0.2, 0) is 4.79 Å². The molecular weight excluding hydrogens is 480 g/mol. The molecule has 6 nitrogen and oxygen atoms in total. The number of nitrogens with zero attached hydrogens (tertiary/aromatic N) is 3. The fourth-order valence-corrected chi connectivity index (χ4v) is 3.66. The van der Waals surface area contributed by atoms with Gasteiger partial charge in [0, 0.05) is 21.8 Å². The molecule has 7 heteroatoms. The predicted octanol–water partition coefficient (Wildman–Crippen LogP) is 5.61. The summed E-state index contributed by atoms with van der Waals surface area (Å²) in [7, 11) is 0. The van der Waals surface area contributed by atoms with Crippen LogP contribution in [0.15, 0.2) is 101 Å². The Hall–Kier alpha value is -3.71. The summed E-state index contributed by atoms with van der Waals surface area (Å²) >= 11 is 3.41. The van der Waals surface area contributed by atoms with Gasteiger partial charge >= 0.3 is 0 Å². The molecule has 0 saturated carbocycles. The van der Waals surface area contributed by atoms with Crippen LogP contribution in [-0.4, -0.2) is 28.0 Å². The second kappa shape index (κ2) is 10.7. The van der Waals surface area contributed by atoms with E-state index in [2.05, 4.69) is 26.5 Å². The van der Waals surface area contributed by atoms with E-state index < -0.39 is 6.10 Å². The Balaban J connectivity index is 1.53. The van der Waals surface area contributed by atoms with Gasteiger partial charge in [0.25, 0.3) is 5.91 Å². The van der Waals surface area contributed by atoms with Gasteiger partial charge < -0.3 is 4.74 Å². The highest BCUT2D eigenvalue weighted by molar-refractivity contribution is 9.10. The topological polar surface area (TPSA) is 68.5 Å². The van der Waals surface area contributed by atoms with Gasteiger partial charge in [-0.15, -0.1) is 0 Å². The quantitative estimate of drug-likeness (QED) is 0.251. The molecule has 0 aliphatic heterocycles. The van der Waals surface area contributed by atoms with Gasteiger partial charge in [-0.25, -0.2) is 10.1 Å². The molecule has 0 aliphatic carbocycles. The molecule has 166 valence electrons. The molecule has 1 N–H and O–H groups in total. The molecule has 1 aromatic heterocycles. The molecule has 4 rings (SSSR count). The van der Waals surface area contributed by atoms with Crippen LogP contribution >= 0.6 is 15.9 Å². The van der Waals surface area contributed by atoms with Crippen molar-refractivity contribution in [3.05, 3.63) is 101 Å². The number of nitrogens with one attached hydrogen (secondary N) is 1. The standard InChI is InChI=1S/C26H23BrN4O2/c1-2-24(33-23-15-9-12-21(27)16-23)26(32)29-28-17-20-18-31(22-13-7-4-8-14-22)30-25(20)19-10-5-3-6-11-19/h3-18,24H,2H2,1H3,(H,29,32)/t24-/m1/s1. The van der Waals surface area contributed by atoms with Crippen molar-refractivity contribution in [3.8, 4) is 22.7 Å². The minimum Gasteiger partial charge on any atom is -0.481 e. The van der Waals surface area contributed by atoms with E-state index in [-0.39, 0.29) is 5.91 Å². The smallest absolute Gasteiger partial charge is 0.281 e. The van der Waals surface area contributed by atoms with E-state index in [0.717, 1.165) is 27.0 Å². The molecule has 1 atom stereocenters. The largest absolute Gasteiger partial charge is 0.481 e. The molecule has 3 aromatic carbocycles. The Morgan fingerprint density at radius 2 is 1.82 bits per heavy atom. The van der Waals surface area contributed by atoms with Crippen molar-refractivity contribution in [1.29, 1.82) is 0 Å². The monoisotopic (exact) mass is 502 g/mol. The van der Waals surface area contributed by atoms with Crippen molar-refractivity contribution in [2.75, 3.05) is 0 Å². The lowest BCUT2D eigenvalue weighted by Gasteiger charge is -2.15. The maximum absolute atomic E-state index is 12.7. The number of ether oxygens (including phenoxy) is 1. The highest BCUT2D eigenvalue weighted by atomic mass is 79.9. The lowest BCUT2D eigenvalue weighted by molar-refractivity contribution is -0.128. The third-order valence-corrected chi connectivity index (χ3v) is 5.42. The van der Waals surface area contributed by atoms with Crippen LogP contribution in [0.4, 0.5) is 0 Å². The number of aromatic nitrogens is 2. The van der Waals surface area contributed by atoms with Gasteiger partial charge in [-0.1, -0.05) is 77.5 Å². The number of para-hydroxylation sites is 1. The van der Waals surface area contributed by atoms with Crippen LogP contribution in [0, 0.1) is 0 Å². The summed E-state index contributed by atoms with van der Waals surface area (Å²) in [4.78, 5) is 12.7. The zero-order chi connectivity index (χ0) is 23.0. The molecule has 0 unspecified atom stereocenters. The normalized spacial score (nSPS) is 11.9. The molecule has 33 heavy (non-hydrogen) atoms. The number of amides is 1. The van der Waals surface area contributed by atoms with Crippen molar-refractivity contribution >= 4 is 28.1 Å². The van der Waals surface area contributed by atoms with E-state index in [4.69, 9.17) is 9.84 Å². The van der Waals surface area contributed by atoms with Crippen LogP contribution in [0.25, 0.3) is 16.9 Å². The lowest BCUT2D eigenvalue weighted by Crippen LogP contribution is -2.35. The summed E-state index contributed by atoms with van der Waals surface area (Å²) in [6.07, 6.45) is 3.35. The molecule has 0 fully saturated rings. The van der Waals surface area contributed by atoms with Crippen LogP contribution in [0.3, 0.4) is 0 Å². The summed E-state index contributed by atoms with van der Waals surface area (Å²) < 4.78 is 8.52. The third kappa shape index (κ3) is 5.75. The van der Waals surface area contributed by atoms with E-state index in [1.165, 1.54) is 0 Å². The SMILES string of the molecule is CC[C@@H](Oc1cccc(Br)c1)C(=O)NN=Cc1cn(-c2ccccc2)nc1-c1ccccc1. The predicted molar refractivity (Wildman–Crippen MR) is 134 cm³/mol. The van der Waals surface area contributed by atoms with E-state index in [9.17, 15) is 4.79 Å². The van der Waals surface area contributed by atoms with Crippen molar-refractivity contribution < 1.29 is 9.53 Å². The number of hydrogen-bond donors (Lipinski definition) is 1. The van der Waals surface area contributed by atoms with Gasteiger partial charge in [0.05, 0.1) is 11.9 Å². The van der Waals surface area contributed by atoms with Crippen molar-refractivity contribution in [1.82, 2.24) is 15.2 Å². The number of carbonyl (C=O) groups excluding carboxylic acids is 1. The molecule has 1 heterocycles. The second-order valence-corrected chi connectivity index (χ2v) is 8.20. The average molecular weight is 503 g/mol. The van der Waals surface area contributed by atoms with E-state index >= 15 is 0 Å². The fraction of sp³-hybridized carbons (Fsp3) is 0.115. The molecule has 0 saturated heterocycles. The maximum Gasteiger partial charge on any atom is 0.281 e. The minimum absolute atomic E-state index is 0.314. The van der Waals surface area contributed by atoms with Crippen molar-refractivity contribution in [3.63, 3.8) is 0 Å². The highest BCUT2D eigenvalue weighted by Gasteiger charge is 2.18. The molecule has 0 radical (unpaired) electrons. The van der Waals surface area contributed by atoms with Crippen molar-refractivity contribution in [2.24, 2.45) is 5.10 Å². The first-order chi connectivity index (χ1) is 16.1. The Morgan fingerprint density at radius 1 is 1.09 bits per heavy atom. The summed E-state index contributed by atoms with van der Waals surface area (Å²) in [5.74, 6) is 0.302. The second-order valence-electron chi connectivity index (χ2n) is 7.29. The molecule has 0 bridgehead atoms. The zero-order valence-electron chi connectivity index (χ0n) is 18.1. The van der Waals surface area contributed by atoms with Crippen LogP contribution in [0.5, 0.6) is 5.75 Å². The van der Waals surface area contributed by atoms with Gasteiger partial charge in [0.1, 0.15) is 11.4 Å². The average Bonchev–Trinajstić information content (AvgIpc) is 3.28. The van der Waals surface area contributed by atoms with Gasteiger partial charge in [0.2, 0.25) is 0 Å². The number of carbonyl (C=O) groups is 1.